The smallest absolute Gasteiger partial charge is 0.310 e. The van der Waals surface area contributed by atoms with Gasteiger partial charge in [0.25, 0.3) is 0 Å². The number of guanidine groups is 1. The number of carbonyl (C=O) groups excluding carboxylic acids is 1. The molecule has 7 heteroatoms. The topological polar surface area (TPSA) is 72.4 Å². The summed E-state index contributed by atoms with van der Waals surface area (Å²) in [6.07, 6.45) is 0. The summed E-state index contributed by atoms with van der Waals surface area (Å²) in [5.41, 5.74) is 0.944. The third-order valence-corrected chi connectivity index (χ3v) is 4.63. The summed E-state index contributed by atoms with van der Waals surface area (Å²) >= 11 is 0. The Labute approximate surface area is 155 Å². The zero-order valence-electron chi connectivity index (χ0n) is 16.2. The zero-order valence-corrected chi connectivity index (χ0v) is 16.2. The van der Waals surface area contributed by atoms with Crippen LogP contribution in [0.3, 0.4) is 0 Å². The van der Waals surface area contributed by atoms with Gasteiger partial charge < -0.3 is 24.4 Å². The van der Waals surface area contributed by atoms with Crippen molar-refractivity contribution in [3.63, 3.8) is 0 Å². The number of para-hydroxylation sites is 1. The first-order valence-electron chi connectivity index (χ1n) is 8.86. The molecule has 1 aliphatic heterocycles. The molecule has 1 aromatic rings. The third-order valence-electron chi connectivity index (χ3n) is 4.63. The van der Waals surface area contributed by atoms with Gasteiger partial charge in [0, 0.05) is 25.2 Å². The maximum absolute atomic E-state index is 11.9. The van der Waals surface area contributed by atoms with Crippen LogP contribution in [0.25, 0.3) is 0 Å². The molecule has 0 aromatic heterocycles. The van der Waals surface area contributed by atoms with Crippen LogP contribution in [0.2, 0.25) is 0 Å². The Bertz CT molecular complexity index is 648. The van der Waals surface area contributed by atoms with Crippen LogP contribution in [-0.4, -0.2) is 57.8 Å². The van der Waals surface area contributed by atoms with Crippen molar-refractivity contribution in [2.24, 2.45) is 16.8 Å². The van der Waals surface area contributed by atoms with Crippen molar-refractivity contribution in [1.29, 1.82) is 0 Å². The number of nitrogens with one attached hydrogen (secondary N) is 1. The van der Waals surface area contributed by atoms with E-state index in [-0.39, 0.29) is 17.8 Å². The van der Waals surface area contributed by atoms with Crippen LogP contribution in [0.5, 0.6) is 11.5 Å². The van der Waals surface area contributed by atoms with Crippen LogP contribution in [-0.2, 0) is 16.1 Å². The van der Waals surface area contributed by atoms with Crippen molar-refractivity contribution in [2.45, 2.75) is 20.4 Å². The Balaban J connectivity index is 2.19. The van der Waals surface area contributed by atoms with E-state index >= 15 is 0 Å². The van der Waals surface area contributed by atoms with Crippen LogP contribution >= 0.6 is 0 Å². The lowest BCUT2D eigenvalue weighted by molar-refractivity contribution is -0.145. The minimum absolute atomic E-state index is 0.129. The third kappa shape index (κ3) is 4.39. The molecular weight excluding hydrogens is 334 g/mol. The molecule has 1 N–H and O–H groups in total. The molecule has 1 fully saturated rings. The van der Waals surface area contributed by atoms with Gasteiger partial charge in [0.15, 0.2) is 17.5 Å². The molecule has 0 aliphatic carbocycles. The van der Waals surface area contributed by atoms with E-state index in [1.165, 1.54) is 7.11 Å². The van der Waals surface area contributed by atoms with E-state index in [2.05, 4.69) is 17.1 Å². The minimum Gasteiger partial charge on any atom is -0.493 e. The number of hydrogen-bond acceptors (Lipinski definition) is 5. The highest BCUT2D eigenvalue weighted by atomic mass is 16.5. The molecule has 7 nitrogen and oxygen atoms in total. The first kappa shape index (κ1) is 19.9. The second-order valence-electron chi connectivity index (χ2n) is 6.33. The van der Waals surface area contributed by atoms with Gasteiger partial charge in [0.1, 0.15) is 0 Å². The van der Waals surface area contributed by atoms with Crippen molar-refractivity contribution in [3.8, 4) is 11.5 Å². The normalized spacial score (nSPS) is 20.0. The standard InChI is InChI=1S/C19H29N3O4/c1-6-20-19(22-11-13(2)15(12-22)18(23)26-5)21-10-14-8-7-9-16(24-3)17(14)25-4/h7-9,13,15H,6,10-12H2,1-5H3,(H,20,21). The van der Waals surface area contributed by atoms with E-state index in [0.717, 1.165) is 24.6 Å². The van der Waals surface area contributed by atoms with Crippen LogP contribution in [0.1, 0.15) is 19.4 Å². The van der Waals surface area contributed by atoms with E-state index in [1.807, 2.05) is 25.1 Å². The molecule has 1 heterocycles. The molecule has 0 bridgehead atoms. The van der Waals surface area contributed by atoms with Gasteiger partial charge in [-0.15, -0.1) is 0 Å². The maximum atomic E-state index is 11.9. The number of hydrogen-bond donors (Lipinski definition) is 1. The van der Waals surface area contributed by atoms with Gasteiger partial charge in [-0.3, -0.25) is 4.79 Å². The van der Waals surface area contributed by atoms with E-state index < -0.39 is 0 Å². The largest absolute Gasteiger partial charge is 0.493 e. The van der Waals surface area contributed by atoms with E-state index in [4.69, 9.17) is 19.2 Å². The number of aliphatic imine (C=N–C) groups is 1. The van der Waals surface area contributed by atoms with Gasteiger partial charge in [0.2, 0.25) is 0 Å². The SMILES string of the molecule is CCNC(=NCc1cccc(OC)c1OC)N1CC(C)C(C(=O)OC)C1. The second kappa shape index (κ2) is 9.31. The van der Waals surface area contributed by atoms with Gasteiger partial charge in [0.05, 0.1) is 33.8 Å². The van der Waals surface area contributed by atoms with Crippen LogP contribution in [0.4, 0.5) is 0 Å². The average Bonchev–Trinajstić information content (AvgIpc) is 3.05. The number of benzene rings is 1. The molecule has 26 heavy (non-hydrogen) atoms. The highest BCUT2D eigenvalue weighted by Gasteiger charge is 2.36. The highest BCUT2D eigenvalue weighted by molar-refractivity contribution is 5.82. The number of methoxy groups -OCH3 is 3. The fraction of sp³-hybridized carbons (Fsp3) is 0.579. The Morgan fingerprint density at radius 1 is 1.27 bits per heavy atom. The summed E-state index contributed by atoms with van der Waals surface area (Å²) < 4.78 is 15.7. The van der Waals surface area contributed by atoms with Gasteiger partial charge in [-0.2, -0.15) is 0 Å². The first-order valence-corrected chi connectivity index (χ1v) is 8.86. The number of ether oxygens (including phenoxy) is 3. The molecule has 0 spiro atoms. The number of esters is 1. The van der Waals surface area contributed by atoms with Gasteiger partial charge in [-0.1, -0.05) is 19.1 Å². The molecule has 144 valence electrons. The summed E-state index contributed by atoms with van der Waals surface area (Å²) in [5, 5.41) is 3.31. The lowest BCUT2D eigenvalue weighted by atomic mass is 9.99. The van der Waals surface area contributed by atoms with Gasteiger partial charge in [-0.05, 0) is 18.9 Å². The Morgan fingerprint density at radius 2 is 2.04 bits per heavy atom. The number of rotatable bonds is 6. The molecule has 1 aliphatic rings. The van der Waals surface area contributed by atoms with Crippen molar-refractivity contribution < 1.29 is 19.0 Å². The monoisotopic (exact) mass is 363 g/mol. The molecule has 0 saturated carbocycles. The molecule has 1 saturated heterocycles. The number of nitrogens with zero attached hydrogens (tertiary/aromatic N) is 2. The minimum atomic E-state index is -0.162. The van der Waals surface area contributed by atoms with Crippen LogP contribution in [0, 0.1) is 11.8 Å². The van der Waals surface area contributed by atoms with Gasteiger partial charge >= 0.3 is 5.97 Å². The van der Waals surface area contributed by atoms with Crippen LogP contribution in [0.15, 0.2) is 23.2 Å². The van der Waals surface area contributed by atoms with Gasteiger partial charge in [-0.25, -0.2) is 4.99 Å². The van der Waals surface area contributed by atoms with Crippen molar-refractivity contribution in [1.82, 2.24) is 10.2 Å². The number of likely N-dealkylation sites (tertiary alicyclic amines) is 1. The van der Waals surface area contributed by atoms with Crippen molar-refractivity contribution >= 4 is 11.9 Å². The first-order chi connectivity index (χ1) is 12.5. The fourth-order valence-electron chi connectivity index (χ4n) is 3.26. The van der Waals surface area contributed by atoms with E-state index in [0.29, 0.717) is 24.6 Å². The molecule has 2 atom stereocenters. The number of carbonyl (C=O) groups is 1. The highest BCUT2D eigenvalue weighted by Crippen LogP contribution is 2.31. The average molecular weight is 363 g/mol. The molecule has 0 radical (unpaired) electrons. The fourth-order valence-corrected chi connectivity index (χ4v) is 3.26. The summed E-state index contributed by atoms with van der Waals surface area (Å²) in [5.74, 6) is 2.09. The molecule has 2 rings (SSSR count). The predicted octanol–water partition coefficient (Wildman–Crippen LogP) is 1.91. The zero-order chi connectivity index (χ0) is 19.1. The Morgan fingerprint density at radius 3 is 2.65 bits per heavy atom. The Kier molecular flexibility index (Phi) is 7.12. The van der Waals surface area contributed by atoms with Crippen LogP contribution < -0.4 is 14.8 Å². The predicted molar refractivity (Wildman–Crippen MR) is 101 cm³/mol. The van der Waals surface area contributed by atoms with E-state index in [1.54, 1.807) is 14.2 Å². The van der Waals surface area contributed by atoms with Crippen molar-refractivity contribution in [2.75, 3.05) is 41.0 Å². The summed E-state index contributed by atoms with van der Waals surface area (Å²) in [6.45, 7) is 6.67. The Hall–Kier alpha value is -2.44. The summed E-state index contributed by atoms with van der Waals surface area (Å²) in [6, 6.07) is 5.75. The second-order valence-corrected chi connectivity index (χ2v) is 6.33. The summed E-state index contributed by atoms with van der Waals surface area (Å²) in [4.78, 5) is 18.8. The quantitative estimate of drug-likeness (QED) is 0.473. The van der Waals surface area contributed by atoms with Crippen molar-refractivity contribution in [3.05, 3.63) is 23.8 Å². The lowest BCUT2D eigenvalue weighted by Gasteiger charge is -2.21. The molecule has 0 amide bonds. The lowest BCUT2D eigenvalue weighted by Crippen LogP contribution is -2.40. The molecule has 1 aromatic carbocycles. The maximum Gasteiger partial charge on any atom is 0.310 e. The molecular formula is C19H29N3O4. The van der Waals surface area contributed by atoms with E-state index in [9.17, 15) is 4.79 Å². The summed E-state index contributed by atoms with van der Waals surface area (Å²) in [7, 11) is 4.68. The molecule has 2 unspecified atom stereocenters.